The Bertz CT molecular complexity index is 695. The number of carbonyl (C=O) groups is 2. The van der Waals surface area contributed by atoms with Gasteiger partial charge in [-0.25, -0.2) is 5.43 Å². The first-order valence-electron chi connectivity index (χ1n) is 7.70. The number of alkyl halides is 8. The summed E-state index contributed by atoms with van der Waals surface area (Å²) in [6.45, 7) is 5.48. The quantitative estimate of drug-likeness (QED) is 0.236. The fourth-order valence-electron chi connectivity index (χ4n) is 1.62. The average Bonchev–Trinajstić information content (AvgIpc) is 2.61. The molecule has 0 spiro atoms. The number of carbonyl (C=O) groups excluding carboxylic acids is 2. The summed E-state index contributed by atoms with van der Waals surface area (Å²) in [5, 5.41) is 1.61. The zero-order valence-electron chi connectivity index (χ0n) is 16.1. The SMILES string of the molecule is C=C(NNC)NC(C)(C(F)(F)F)C(F)(F)P.C=O.O=Cc1ccccc1OC(F)(F)F. The molecule has 1 aromatic rings. The van der Waals surface area contributed by atoms with Crippen LogP contribution in [-0.4, -0.2) is 43.9 Å². The molecule has 31 heavy (non-hydrogen) atoms. The van der Waals surface area contributed by atoms with Gasteiger partial charge in [0.15, 0.2) is 11.8 Å². The Kier molecular flexibility index (Phi) is 12.3. The molecule has 2 atom stereocenters. The minimum Gasteiger partial charge on any atom is -0.405 e. The van der Waals surface area contributed by atoms with Crippen molar-refractivity contribution in [1.29, 1.82) is 0 Å². The molecule has 15 heteroatoms. The molecule has 0 heterocycles. The second kappa shape index (κ2) is 12.4. The van der Waals surface area contributed by atoms with Crippen LogP contribution >= 0.6 is 9.24 Å². The molecular formula is C16H20F8N3O3P. The van der Waals surface area contributed by atoms with Gasteiger partial charge >= 0.3 is 12.5 Å². The van der Waals surface area contributed by atoms with Gasteiger partial charge in [0.1, 0.15) is 18.4 Å². The summed E-state index contributed by atoms with van der Waals surface area (Å²) >= 11 is 0. The standard InChI is InChI=1S/C8H5F3O2.C7H13F5N3P.CH2O/c9-8(10,11)13-7-4-2-1-3-6(7)5-12;1-4(15-13-3)14-5(2,6(8,9)10)7(11,12)16;1-2/h1-5H;13-15H,1,16H2,2-3H3;1H2. The number of para-hydroxylation sites is 1. The summed E-state index contributed by atoms with van der Waals surface area (Å²) in [5.74, 6) is -0.894. The highest BCUT2D eigenvalue weighted by atomic mass is 31.0. The zero-order valence-corrected chi connectivity index (χ0v) is 17.3. The summed E-state index contributed by atoms with van der Waals surface area (Å²) in [6.07, 6.45) is -9.60. The second-order valence-electron chi connectivity index (χ2n) is 5.43. The van der Waals surface area contributed by atoms with Crippen LogP contribution < -0.4 is 20.9 Å². The van der Waals surface area contributed by atoms with E-state index in [0.717, 1.165) is 15.3 Å². The third kappa shape index (κ3) is 10.4. The van der Waals surface area contributed by atoms with E-state index in [1.54, 1.807) is 5.32 Å². The Morgan fingerprint density at radius 2 is 1.55 bits per heavy atom. The van der Waals surface area contributed by atoms with Crippen molar-refractivity contribution in [1.82, 2.24) is 16.2 Å². The summed E-state index contributed by atoms with van der Waals surface area (Å²) in [4.78, 5) is 18.3. The van der Waals surface area contributed by atoms with Crippen LogP contribution in [-0.2, 0) is 4.79 Å². The smallest absolute Gasteiger partial charge is 0.405 e. The number of rotatable bonds is 7. The predicted molar refractivity (Wildman–Crippen MR) is 99.2 cm³/mol. The van der Waals surface area contributed by atoms with Crippen molar-refractivity contribution in [3.8, 4) is 5.75 Å². The van der Waals surface area contributed by atoms with Crippen LogP contribution in [0.2, 0.25) is 0 Å². The highest BCUT2D eigenvalue weighted by Gasteiger charge is 2.64. The lowest BCUT2D eigenvalue weighted by atomic mass is 10.0. The number of ether oxygens (including phenoxy) is 1. The number of benzene rings is 1. The summed E-state index contributed by atoms with van der Waals surface area (Å²) < 4.78 is 102. The van der Waals surface area contributed by atoms with Crippen LogP contribution in [0.25, 0.3) is 0 Å². The minimum absolute atomic E-state index is 0.125. The summed E-state index contributed by atoms with van der Waals surface area (Å²) in [5.41, 5.74) is -3.22. The number of nitrogens with one attached hydrogen (secondary N) is 3. The maximum absolute atomic E-state index is 13.0. The van der Waals surface area contributed by atoms with E-state index < -0.39 is 35.3 Å². The largest absolute Gasteiger partial charge is 0.573 e. The summed E-state index contributed by atoms with van der Waals surface area (Å²) in [7, 11) is 2.23. The first-order valence-corrected chi connectivity index (χ1v) is 8.28. The van der Waals surface area contributed by atoms with Crippen molar-refractivity contribution in [2.75, 3.05) is 7.05 Å². The molecule has 178 valence electrons. The molecule has 2 unspecified atom stereocenters. The lowest BCUT2D eigenvalue weighted by Crippen LogP contribution is -2.64. The molecule has 1 rings (SSSR count). The van der Waals surface area contributed by atoms with Crippen LogP contribution in [0.5, 0.6) is 5.75 Å². The molecule has 6 nitrogen and oxygen atoms in total. The van der Waals surface area contributed by atoms with Crippen molar-refractivity contribution in [3.05, 3.63) is 42.2 Å². The van der Waals surface area contributed by atoms with Gasteiger partial charge in [0.25, 0.3) is 5.66 Å². The van der Waals surface area contributed by atoms with Crippen LogP contribution in [0.15, 0.2) is 36.7 Å². The van der Waals surface area contributed by atoms with E-state index in [9.17, 15) is 39.9 Å². The first-order chi connectivity index (χ1) is 14.0. The highest BCUT2D eigenvalue weighted by molar-refractivity contribution is 7.18. The van der Waals surface area contributed by atoms with Crippen molar-refractivity contribution in [3.63, 3.8) is 0 Å². The van der Waals surface area contributed by atoms with Gasteiger partial charge in [0.05, 0.1) is 5.56 Å². The molecule has 3 N–H and O–H groups in total. The Morgan fingerprint density at radius 3 is 1.90 bits per heavy atom. The summed E-state index contributed by atoms with van der Waals surface area (Å²) in [6, 6.07) is 5.13. The maximum atomic E-state index is 13.0. The molecular weight excluding hydrogens is 465 g/mol. The zero-order chi connectivity index (χ0) is 25.1. The van der Waals surface area contributed by atoms with Crippen LogP contribution in [0, 0.1) is 0 Å². The van der Waals surface area contributed by atoms with Gasteiger partial charge in [-0.15, -0.1) is 13.2 Å². The van der Waals surface area contributed by atoms with Crippen LogP contribution in [0.3, 0.4) is 0 Å². The molecule has 0 fully saturated rings. The van der Waals surface area contributed by atoms with E-state index in [-0.39, 0.29) is 5.56 Å². The molecule has 0 aliphatic carbocycles. The van der Waals surface area contributed by atoms with Gasteiger partial charge in [-0.3, -0.25) is 4.79 Å². The van der Waals surface area contributed by atoms with E-state index in [4.69, 9.17) is 4.79 Å². The molecule has 0 bridgehead atoms. The maximum Gasteiger partial charge on any atom is 0.573 e. The van der Waals surface area contributed by atoms with E-state index in [2.05, 4.69) is 22.2 Å². The fourth-order valence-corrected chi connectivity index (χ4v) is 1.86. The fraction of sp³-hybridized carbons (Fsp3) is 0.375. The van der Waals surface area contributed by atoms with Gasteiger partial charge in [-0.1, -0.05) is 28.0 Å². The Hall–Kier alpha value is -2.47. The Labute approximate surface area is 174 Å². The molecule has 0 aliphatic heterocycles. The van der Waals surface area contributed by atoms with E-state index in [1.807, 2.05) is 6.79 Å². The van der Waals surface area contributed by atoms with Crippen molar-refractivity contribution in [2.45, 2.75) is 30.7 Å². The molecule has 0 aliphatic rings. The Balaban J connectivity index is 0. The molecule has 1 aromatic carbocycles. The van der Waals surface area contributed by atoms with Crippen molar-refractivity contribution < 1.29 is 49.4 Å². The van der Waals surface area contributed by atoms with Crippen LogP contribution in [0.4, 0.5) is 35.1 Å². The van der Waals surface area contributed by atoms with Crippen molar-refractivity contribution in [2.24, 2.45) is 0 Å². The van der Waals surface area contributed by atoms with E-state index >= 15 is 0 Å². The van der Waals surface area contributed by atoms with Crippen molar-refractivity contribution >= 4 is 22.3 Å². The number of aldehydes is 1. The molecule has 0 saturated heterocycles. The highest BCUT2D eigenvalue weighted by Crippen LogP contribution is 2.45. The predicted octanol–water partition coefficient (Wildman–Crippen LogP) is 3.77. The minimum atomic E-state index is -5.14. The average molecular weight is 485 g/mol. The molecule has 0 radical (unpaired) electrons. The van der Waals surface area contributed by atoms with Gasteiger partial charge in [-0.2, -0.15) is 22.0 Å². The monoisotopic (exact) mass is 485 g/mol. The molecule has 0 aromatic heterocycles. The van der Waals surface area contributed by atoms with Gasteiger partial charge in [0, 0.05) is 7.05 Å². The number of hydrogen-bond donors (Lipinski definition) is 3. The first kappa shape index (κ1) is 30.7. The molecule has 0 saturated carbocycles. The third-order valence-corrected chi connectivity index (χ3v) is 3.76. The number of hydrogen-bond acceptors (Lipinski definition) is 6. The van der Waals surface area contributed by atoms with Gasteiger partial charge in [-0.05, 0) is 19.1 Å². The number of hydrazine groups is 1. The van der Waals surface area contributed by atoms with Gasteiger partial charge < -0.3 is 20.3 Å². The number of halogens is 8. The van der Waals surface area contributed by atoms with Crippen LogP contribution in [0.1, 0.15) is 17.3 Å². The normalized spacial score (nSPS) is 13.3. The lowest BCUT2D eigenvalue weighted by molar-refractivity contribution is -0.274. The van der Waals surface area contributed by atoms with Gasteiger partial charge in [0.2, 0.25) is 0 Å². The second-order valence-corrected chi connectivity index (χ2v) is 6.15. The van der Waals surface area contributed by atoms with E-state index in [0.29, 0.717) is 13.2 Å². The third-order valence-electron chi connectivity index (χ3n) is 3.18. The lowest BCUT2D eigenvalue weighted by Gasteiger charge is -2.38. The molecule has 0 amide bonds. The van der Waals surface area contributed by atoms with E-state index in [1.165, 1.54) is 25.2 Å². The Morgan fingerprint density at radius 1 is 1.06 bits per heavy atom. The topological polar surface area (TPSA) is 79.5 Å².